The van der Waals surface area contributed by atoms with E-state index in [1.165, 1.54) is 29.0 Å². The molecule has 0 saturated heterocycles. The molecule has 0 spiro atoms. The monoisotopic (exact) mass is 210 g/mol. The summed E-state index contributed by atoms with van der Waals surface area (Å²) in [6, 6.07) is 4.85. The Bertz CT molecular complexity index is 291. The van der Waals surface area contributed by atoms with Crippen molar-refractivity contribution in [3.8, 4) is 0 Å². The summed E-state index contributed by atoms with van der Waals surface area (Å²) in [6.45, 7) is 2.20. The largest absolute Gasteiger partial charge is 0.271 e. The van der Waals surface area contributed by atoms with Crippen LogP contribution in [0.3, 0.4) is 0 Å². The van der Waals surface area contributed by atoms with Crippen LogP contribution in [-0.4, -0.2) is 0 Å². The fourth-order valence-electron chi connectivity index (χ4n) is 1.98. The van der Waals surface area contributed by atoms with Gasteiger partial charge in [0.2, 0.25) is 0 Å². The van der Waals surface area contributed by atoms with E-state index >= 15 is 0 Å². The standard InChI is InChI=1S/C11H18N2S/c1-2-9-6-7-10(14-9)11(13-12)8-4-3-5-8/h6-8,11,13H,2-5,12H2,1H3. The highest BCUT2D eigenvalue weighted by molar-refractivity contribution is 7.12. The van der Waals surface area contributed by atoms with Crippen molar-refractivity contribution in [2.45, 2.75) is 38.6 Å². The molecule has 0 amide bonds. The third kappa shape index (κ3) is 1.85. The number of thiophene rings is 1. The van der Waals surface area contributed by atoms with E-state index in [-0.39, 0.29) is 0 Å². The first-order valence-corrected chi connectivity index (χ1v) is 6.21. The summed E-state index contributed by atoms with van der Waals surface area (Å²) in [5.41, 5.74) is 2.97. The van der Waals surface area contributed by atoms with E-state index in [4.69, 9.17) is 5.84 Å². The molecular weight excluding hydrogens is 192 g/mol. The van der Waals surface area contributed by atoms with Gasteiger partial charge in [-0.05, 0) is 37.3 Å². The predicted molar refractivity (Wildman–Crippen MR) is 61.1 cm³/mol. The van der Waals surface area contributed by atoms with Crippen LogP contribution in [0.25, 0.3) is 0 Å². The minimum atomic E-state index is 0.397. The molecular formula is C11H18N2S. The van der Waals surface area contributed by atoms with Crippen molar-refractivity contribution >= 4 is 11.3 Å². The maximum Gasteiger partial charge on any atom is 0.0581 e. The van der Waals surface area contributed by atoms with E-state index in [0.29, 0.717) is 6.04 Å². The first-order chi connectivity index (χ1) is 6.85. The third-order valence-corrected chi connectivity index (χ3v) is 4.45. The fourth-order valence-corrected chi connectivity index (χ4v) is 3.08. The van der Waals surface area contributed by atoms with Gasteiger partial charge in [-0.2, -0.15) is 0 Å². The Hall–Kier alpha value is -0.380. The third-order valence-electron chi connectivity index (χ3n) is 3.14. The van der Waals surface area contributed by atoms with Crippen molar-refractivity contribution in [1.82, 2.24) is 5.43 Å². The lowest BCUT2D eigenvalue weighted by Crippen LogP contribution is -2.35. The second-order valence-electron chi connectivity index (χ2n) is 3.99. The van der Waals surface area contributed by atoms with Gasteiger partial charge in [-0.15, -0.1) is 11.3 Å². The summed E-state index contributed by atoms with van der Waals surface area (Å²) < 4.78 is 0. The lowest BCUT2D eigenvalue weighted by atomic mass is 9.79. The van der Waals surface area contributed by atoms with Crippen LogP contribution in [0.15, 0.2) is 12.1 Å². The number of hydrogen-bond acceptors (Lipinski definition) is 3. The number of rotatable bonds is 4. The maximum atomic E-state index is 5.62. The molecule has 3 N–H and O–H groups in total. The van der Waals surface area contributed by atoms with Gasteiger partial charge >= 0.3 is 0 Å². The first-order valence-electron chi connectivity index (χ1n) is 5.40. The molecule has 1 aliphatic rings. The van der Waals surface area contributed by atoms with Gasteiger partial charge in [0.1, 0.15) is 0 Å². The Kier molecular flexibility index (Phi) is 3.21. The van der Waals surface area contributed by atoms with Crippen LogP contribution >= 0.6 is 11.3 Å². The average molecular weight is 210 g/mol. The lowest BCUT2D eigenvalue weighted by Gasteiger charge is -2.32. The van der Waals surface area contributed by atoms with E-state index in [2.05, 4.69) is 24.5 Å². The molecule has 1 unspecified atom stereocenters. The Morgan fingerprint density at radius 3 is 2.79 bits per heavy atom. The first kappa shape index (κ1) is 10.1. The molecule has 1 saturated carbocycles. The molecule has 2 rings (SSSR count). The Morgan fingerprint density at radius 2 is 2.36 bits per heavy atom. The molecule has 0 radical (unpaired) electrons. The van der Waals surface area contributed by atoms with Gasteiger partial charge in [-0.3, -0.25) is 11.3 Å². The van der Waals surface area contributed by atoms with Crippen LogP contribution in [-0.2, 0) is 6.42 Å². The Labute approximate surface area is 89.5 Å². The van der Waals surface area contributed by atoms with Crippen LogP contribution < -0.4 is 11.3 Å². The van der Waals surface area contributed by atoms with Crippen molar-refractivity contribution in [3.63, 3.8) is 0 Å². The molecule has 0 aliphatic heterocycles. The van der Waals surface area contributed by atoms with Gasteiger partial charge in [0, 0.05) is 9.75 Å². The molecule has 1 aromatic heterocycles. The maximum absolute atomic E-state index is 5.62. The van der Waals surface area contributed by atoms with Crippen molar-refractivity contribution in [2.24, 2.45) is 11.8 Å². The van der Waals surface area contributed by atoms with E-state index < -0.39 is 0 Å². The molecule has 1 atom stereocenters. The normalized spacial score (nSPS) is 19.3. The molecule has 0 aromatic carbocycles. The summed E-state index contributed by atoms with van der Waals surface area (Å²) >= 11 is 1.90. The zero-order chi connectivity index (χ0) is 9.97. The number of aryl methyl sites for hydroxylation is 1. The lowest BCUT2D eigenvalue weighted by molar-refractivity contribution is 0.235. The second kappa shape index (κ2) is 4.43. The molecule has 1 aliphatic carbocycles. The molecule has 1 heterocycles. The topological polar surface area (TPSA) is 38.0 Å². The van der Waals surface area contributed by atoms with Gasteiger partial charge in [-0.25, -0.2) is 0 Å². The summed E-state index contributed by atoms with van der Waals surface area (Å²) in [5, 5.41) is 0. The zero-order valence-electron chi connectivity index (χ0n) is 8.62. The van der Waals surface area contributed by atoms with E-state index in [1.807, 2.05) is 11.3 Å². The Morgan fingerprint density at radius 1 is 1.57 bits per heavy atom. The average Bonchev–Trinajstić information content (AvgIpc) is 2.58. The minimum Gasteiger partial charge on any atom is -0.271 e. The number of nitrogens with two attached hydrogens (primary N) is 1. The molecule has 14 heavy (non-hydrogen) atoms. The van der Waals surface area contributed by atoms with Gasteiger partial charge in [-0.1, -0.05) is 13.3 Å². The Balaban J connectivity index is 2.09. The van der Waals surface area contributed by atoms with Crippen molar-refractivity contribution in [2.75, 3.05) is 0 Å². The number of hydrogen-bond donors (Lipinski definition) is 2. The summed E-state index contributed by atoms with van der Waals surface area (Å²) in [4.78, 5) is 2.87. The molecule has 1 aromatic rings. The smallest absolute Gasteiger partial charge is 0.0581 e. The quantitative estimate of drug-likeness (QED) is 0.592. The van der Waals surface area contributed by atoms with Gasteiger partial charge in [0.15, 0.2) is 0 Å². The number of nitrogens with one attached hydrogen (secondary N) is 1. The summed E-state index contributed by atoms with van der Waals surface area (Å²) in [7, 11) is 0. The minimum absolute atomic E-state index is 0.397. The van der Waals surface area contributed by atoms with Crippen LogP contribution in [0.2, 0.25) is 0 Å². The molecule has 0 bridgehead atoms. The fraction of sp³-hybridized carbons (Fsp3) is 0.636. The molecule has 2 nitrogen and oxygen atoms in total. The van der Waals surface area contributed by atoms with Gasteiger partial charge in [0.25, 0.3) is 0 Å². The second-order valence-corrected chi connectivity index (χ2v) is 5.19. The SMILES string of the molecule is CCc1ccc(C(NN)C2CCC2)s1. The van der Waals surface area contributed by atoms with Crippen molar-refractivity contribution in [3.05, 3.63) is 21.9 Å². The van der Waals surface area contributed by atoms with Crippen LogP contribution in [0.5, 0.6) is 0 Å². The van der Waals surface area contributed by atoms with Gasteiger partial charge < -0.3 is 0 Å². The van der Waals surface area contributed by atoms with Crippen LogP contribution in [0.4, 0.5) is 0 Å². The highest BCUT2D eigenvalue weighted by atomic mass is 32.1. The number of hydrazine groups is 1. The van der Waals surface area contributed by atoms with E-state index in [9.17, 15) is 0 Å². The predicted octanol–water partition coefficient (Wildman–Crippen LogP) is 2.62. The highest BCUT2D eigenvalue weighted by Gasteiger charge is 2.28. The van der Waals surface area contributed by atoms with E-state index in [1.54, 1.807) is 0 Å². The van der Waals surface area contributed by atoms with Crippen LogP contribution in [0, 0.1) is 5.92 Å². The summed E-state index contributed by atoms with van der Waals surface area (Å²) in [5.74, 6) is 6.39. The highest BCUT2D eigenvalue weighted by Crippen LogP contribution is 2.39. The molecule has 3 heteroatoms. The van der Waals surface area contributed by atoms with Crippen molar-refractivity contribution < 1.29 is 0 Å². The molecule has 78 valence electrons. The van der Waals surface area contributed by atoms with E-state index in [0.717, 1.165) is 12.3 Å². The summed E-state index contributed by atoms with van der Waals surface area (Å²) in [6.07, 6.45) is 5.16. The molecule has 1 fully saturated rings. The van der Waals surface area contributed by atoms with Crippen LogP contribution in [0.1, 0.15) is 42.0 Å². The zero-order valence-corrected chi connectivity index (χ0v) is 9.44. The van der Waals surface area contributed by atoms with Gasteiger partial charge in [0.05, 0.1) is 6.04 Å². The van der Waals surface area contributed by atoms with Crippen molar-refractivity contribution in [1.29, 1.82) is 0 Å².